The highest BCUT2D eigenvalue weighted by Gasteiger charge is 2.47. The Hall–Kier alpha value is -3.55. The Bertz CT molecular complexity index is 1340. The number of rotatable bonds is 10. The lowest BCUT2D eigenvalue weighted by molar-refractivity contribution is -0.134. The highest BCUT2D eigenvalue weighted by molar-refractivity contribution is 14.1. The van der Waals surface area contributed by atoms with E-state index in [1.54, 1.807) is 61.5 Å². The number of nitrogens with zero attached hydrogens (tertiary/aromatic N) is 1. The Morgan fingerprint density at radius 3 is 2.36 bits per heavy atom. The number of nitrogens with one attached hydrogen (secondary N) is 2. The van der Waals surface area contributed by atoms with E-state index in [9.17, 15) is 29.0 Å². The van der Waals surface area contributed by atoms with E-state index in [4.69, 9.17) is 4.74 Å². The van der Waals surface area contributed by atoms with Gasteiger partial charge in [-0.1, -0.05) is 49.4 Å². The van der Waals surface area contributed by atoms with Gasteiger partial charge in [0, 0.05) is 9.49 Å². The number of ether oxygens (including phenoxy) is 1. The fraction of sp³-hybridized carbons (Fsp3) is 0.250. The van der Waals surface area contributed by atoms with Gasteiger partial charge in [-0.25, -0.2) is 14.1 Å². The molecule has 0 radical (unpaired) electrons. The molecule has 204 valence electrons. The first-order valence-electron chi connectivity index (χ1n) is 12.2. The van der Waals surface area contributed by atoms with E-state index in [1.807, 2.05) is 28.7 Å². The van der Waals surface area contributed by atoms with Crippen LogP contribution in [0.15, 0.2) is 72.8 Å². The first kappa shape index (κ1) is 28.5. The Balaban J connectivity index is 1.62. The summed E-state index contributed by atoms with van der Waals surface area (Å²) in [5, 5.41) is 23.6. The Labute approximate surface area is 238 Å². The van der Waals surface area contributed by atoms with E-state index in [2.05, 4.69) is 10.6 Å². The topological polar surface area (TPSA) is 128 Å². The molecule has 1 aliphatic heterocycles. The van der Waals surface area contributed by atoms with Gasteiger partial charge in [-0.3, -0.25) is 9.59 Å². The number of benzene rings is 3. The normalized spacial score (nSPS) is 16.7. The average Bonchev–Trinajstić information content (AvgIpc) is 3.23. The van der Waals surface area contributed by atoms with Crippen molar-refractivity contribution in [2.75, 3.05) is 18.5 Å². The van der Waals surface area contributed by atoms with Crippen LogP contribution in [0, 0.1) is 9.39 Å². The summed E-state index contributed by atoms with van der Waals surface area (Å²) in [6.45, 7) is 0.974. The van der Waals surface area contributed by atoms with Crippen LogP contribution < -0.4 is 15.4 Å². The molecule has 3 aromatic carbocycles. The molecule has 1 saturated heterocycles. The van der Waals surface area contributed by atoms with Crippen molar-refractivity contribution in [1.82, 2.24) is 10.2 Å². The van der Waals surface area contributed by atoms with Gasteiger partial charge < -0.3 is 25.6 Å². The van der Waals surface area contributed by atoms with Gasteiger partial charge >= 0.3 is 6.03 Å². The van der Waals surface area contributed by atoms with Crippen molar-refractivity contribution in [2.45, 2.75) is 31.0 Å². The number of carbonyl (C=O) groups is 3. The molecule has 1 heterocycles. The number of hydrogen-bond acceptors (Lipinski definition) is 6. The zero-order chi connectivity index (χ0) is 28.1. The van der Waals surface area contributed by atoms with E-state index in [0.717, 1.165) is 4.90 Å². The lowest BCUT2D eigenvalue weighted by atomic mass is 9.91. The van der Waals surface area contributed by atoms with Crippen LogP contribution >= 0.6 is 22.6 Å². The molecule has 0 saturated carbocycles. The number of aliphatic hydroxyl groups is 2. The molecule has 4 amide bonds. The van der Waals surface area contributed by atoms with E-state index in [1.165, 1.54) is 12.1 Å². The third-order valence-corrected chi connectivity index (χ3v) is 7.10. The standard InChI is InChI=1S/C28H27FIN3O6/c1-16(17-5-3-2-4-6-17)25(26(36)31-23-12-9-19(30)13-22(23)29)33-27(37)24(32-28(33)38)18-7-10-20(11-8-18)39-21(14-34)15-35/h2-13,16,21,24-25,34-35H,14-15H2,1H3,(H,31,36)(H,32,38)/t16-,24+,25?/m0/s1. The SMILES string of the molecule is C[C@@H](c1ccccc1)C(C(=O)Nc1ccc(I)cc1F)N1C(=O)N[C@H](c2ccc(OC(CO)CO)cc2)C1=O. The van der Waals surface area contributed by atoms with Crippen molar-refractivity contribution in [2.24, 2.45) is 0 Å². The number of aliphatic hydroxyl groups excluding tert-OH is 2. The maximum absolute atomic E-state index is 14.6. The predicted octanol–water partition coefficient (Wildman–Crippen LogP) is 3.57. The van der Waals surface area contributed by atoms with Gasteiger partial charge in [0.15, 0.2) is 0 Å². The van der Waals surface area contributed by atoms with E-state index < -0.39 is 47.8 Å². The fourth-order valence-electron chi connectivity index (χ4n) is 4.35. The third kappa shape index (κ3) is 6.37. The van der Waals surface area contributed by atoms with Crippen molar-refractivity contribution >= 4 is 46.1 Å². The minimum atomic E-state index is -1.28. The highest BCUT2D eigenvalue weighted by Crippen LogP contribution is 2.32. The molecule has 3 aromatic rings. The maximum atomic E-state index is 14.6. The van der Waals surface area contributed by atoms with Crippen molar-refractivity contribution in [3.63, 3.8) is 0 Å². The second-order valence-electron chi connectivity index (χ2n) is 9.02. The van der Waals surface area contributed by atoms with Crippen LogP contribution in [0.4, 0.5) is 14.9 Å². The highest BCUT2D eigenvalue weighted by atomic mass is 127. The molecule has 11 heteroatoms. The first-order chi connectivity index (χ1) is 18.7. The van der Waals surface area contributed by atoms with E-state index >= 15 is 0 Å². The molecular weight excluding hydrogens is 620 g/mol. The van der Waals surface area contributed by atoms with Crippen LogP contribution in [0.1, 0.15) is 30.0 Å². The number of anilines is 1. The number of urea groups is 1. The smallest absolute Gasteiger partial charge is 0.325 e. The first-order valence-corrected chi connectivity index (χ1v) is 13.2. The quantitative estimate of drug-likeness (QED) is 0.197. The summed E-state index contributed by atoms with van der Waals surface area (Å²) in [6.07, 6.45) is -0.796. The average molecular weight is 647 g/mol. The van der Waals surface area contributed by atoms with Crippen LogP contribution in [0.3, 0.4) is 0 Å². The molecule has 9 nitrogen and oxygen atoms in total. The third-order valence-electron chi connectivity index (χ3n) is 6.43. The minimum absolute atomic E-state index is 0.0612. The van der Waals surface area contributed by atoms with Gasteiger partial charge in [-0.2, -0.15) is 0 Å². The van der Waals surface area contributed by atoms with Crippen molar-refractivity contribution in [3.05, 3.63) is 93.3 Å². The number of halogens is 2. The molecule has 39 heavy (non-hydrogen) atoms. The van der Waals surface area contributed by atoms with Gasteiger partial charge in [0.2, 0.25) is 5.91 Å². The van der Waals surface area contributed by atoms with Crippen molar-refractivity contribution < 1.29 is 33.7 Å². The van der Waals surface area contributed by atoms with Crippen LogP contribution in [-0.2, 0) is 9.59 Å². The zero-order valence-corrected chi connectivity index (χ0v) is 23.0. The van der Waals surface area contributed by atoms with Crippen LogP contribution in [0.2, 0.25) is 0 Å². The van der Waals surface area contributed by atoms with E-state index in [-0.39, 0.29) is 18.9 Å². The number of imide groups is 1. The lowest BCUT2D eigenvalue weighted by Gasteiger charge is -2.30. The molecule has 1 fully saturated rings. The fourth-order valence-corrected chi connectivity index (χ4v) is 4.80. The maximum Gasteiger partial charge on any atom is 0.325 e. The second-order valence-corrected chi connectivity index (χ2v) is 10.3. The molecule has 4 rings (SSSR count). The summed E-state index contributed by atoms with van der Waals surface area (Å²) >= 11 is 1.95. The molecule has 0 bridgehead atoms. The summed E-state index contributed by atoms with van der Waals surface area (Å²) in [6, 6.07) is 16.4. The van der Waals surface area contributed by atoms with E-state index in [0.29, 0.717) is 20.4 Å². The van der Waals surface area contributed by atoms with Crippen LogP contribution in [0.25, 0.3) is 0 Å². The number of carbonyl (C=O) groups excluding carboxylic acids is 3. The van der Waals surface area contributed by atoms with Gasteiger partial charge in [-0.05, 0) is 64.0 Å². The van der Waals surface area contributed by atoms with Gasteiger partial charge in [0.25, 0.3) is 5.91 Å². The van der Waals surface area contributed by atoms with Crippen molar-refractivity contribution in [3.8, 4) is 5.75 Å². The van der Waals surface area contributed by atoms with Gasteiger partial charge in [0.1, 0.15) is 29.8 Å². The molecule has 4 N–H and O–H groups in total. The molecule has 1 aliphatic rings. The van der Waals surface area contributed by atoms with Crippen molar-refractivity contribution in [1.29, 1.82) is 0 Å². The Morgan fingerprint density at radius 2 is 1.74 bits per heavy atom. The van der Waals surface area contributed by atoms with Crippen LogP contribution in [0.5, 0.6) is 5.75 Å². The molecule has 3 atom stereocenters. The number of amides is 4. The summed E-state index contributed by atoms with van der Waals surface area (Å²) < 4.78 is 20.7. The van der Waals surface area contributed by atoms with Crippen LogP contribution in [-0.4, -0.2) is 58.3 Å². The minimum Gasteiger partial charge on any atom is -0.486 e. The largest absolute Gasteiger partial charge is 0.486 e. The molecule has 0 aromatic heterocycles. The monoisotopic (exact) mass is 647 g/mol. The predicted molar refractivity (Wildman–Crippen MR) is 150 cm³/mol. The number of hydrogen-bond donors (Lipinski definition) is 4. The van der Waals surface area contributed by atoms with Gasteiger partial charge in [-0.15, -0.1) is 0 Å². The molecule has 0 spiro atoms. The molecule has 1 unspecified atom stereocenters. The zero-order valence-electron chi connectivity index (χ0n) is 20.9. The Morgan fingerprint density at radius 1 is 1.08 bits per heavy atom. The van der Waals surface area contributed by atoms with Gasteiger partial charge in [0.05, 0.1) is 18.9 Å². The summed E-state index contributed by atoms with van der Waals surface area (Å²) in [5.74, 6) is -2.24. The molecule has 0 aliphatic carbocycles. The summed E-state index contributed by atoms with van der Waals surface area (Å²) in [4.78, 5) is 41.2. The summed E-state index contributed by atoms with van der Waals surface area (Å²) in [5.41, 5.74) is 1.10. The lowest BCUT2D eigenvalue weighted by Crippen LogP contribution is -2.50. The Kier molecular flexibility index (Phi) is 9.15. The second kappa shape index (κ2) is 12.5. The molecular formula is C28H27FIN3O6. The summed E-state index contributed by atoms with van der Waals surface area (Å²) in [7, 11) is 0.